The topological polar surface area (TPSA) is 97.8 Å². The van der Waals surface area contributed by atoms with Gasteiger partial charge in [-0.3, -0.25) is 0 Å². The predicted octanol–water partition coefficient (Wildman–Crippen LogP) is 2.25. The average molecular weight is 412 g/mol. The van der Waals surface area contributed by atoms with Crippen LogP contribution in [0, 0.1) is 0 Å². The Bertz CT molecular complexity index is 996. The van der Waals surface area contributed by atoms with Crippen molar-refractivity contribution in [2.45, 2.75) is 32.6 Å². The summed E-state index contributed by atoms with van der Waals surface area (Å²) >= 11 is 1.59. The second kappa shape index (κ2) is 7.17. The van der Waals surface area contributed by atoms with E-state index in [2.05, 4.69) is 32.4 Å². The largest absolute Gasteiger partial charge is 0.451 e. The van der Waals surface area contributed by atoms with Crippen molar-refractivity contribution >= 4 is 33.3 Å². The second-order valence-corrected chi connectivity index (χ2v) is 7.50. The normalized spacial score (nSPS) is 14.5. The molecule has 0 amide bonds. The maximum atomic E-state index is 13.1. The summed E-state index contributed by atoms with van der Waals surface area (Å²) in [6.07, 6.45) is -3.65. The van der Waals surface area contributed by atoms with Gasteiger partial charge >= 0.3 is 6.18 Å². The highest BCUT2D eigenvalue weighted by atomic mass is 32.1. The SMILES string of the molecule is CCc1cc2c(N3CCn4c(nnc4C(F)(F)F)C3)nc(NCCN)nc2s1. The van der Waals surface area contributed by atoms with Gasteiger partial charge in [0.15, 0.2) is 5.82 Å². The quantitative estimate of drug-likeness (QED) is 0.663. The molecule has 28 heavy (non-hydrogen) atoms. The van der Waals surface area contributed by atoms with Gasteiger partial charge in [0, 0.05) is 31.1 Å². The molecule has 12 heteroatoms. The van der Waals surface area contributed by atoms with Crippen molar-refractivity contribution in [3.8, 4) is 0 Å². The number of rotatable bonds is 5. The minimum absolute atomic E-state index is 0.138. The first kappa shape index (κ1) is 18.9. The summed E-state index contributed by atoms with van der Waals surface area (Å²) < 4.78 is 40.4. The summed E-state index contributed by atoms with van der Waals surface area (Å²) in [5.74, 6) is 0.459. The average Bonchev–Trinajstić information content (AvgIpc) is 3.28. The number of nitrogens with two attached hydrogens (primary N) is 1. The fourth-order valence-electron chi connectivity index (χ4n) is 3.18. The monoisotopic (exact) mass is 412 g/mol. The molecule has 0 saturated carbocycles. The van der Waals surface area contributed by atoms with Crippen LogP contribution < -0.4 is 16.0 Å². The van der Waals surface area contributed by atoms with Gasteiger partial charge < -0.3 is 20.5 Å². The number of nitrogens with zero attached hydrogens (tertiary/aromatic N) is 6. The molecule has 150 valence electrons. The molecule has 0 fully saturated rings. The van der Waals surface area contributed by atoms with Crippen molar-refractivity contribution in [3.05, 3.63) is 22.6 Å². The highest BCUT2D eigenvalue weighted by Gasteiger charge is 2.39. The van der Waals surface area contributed by atoms with Crippen molar-refractivity contribution in [2.75, 3.05) is 29.9 Å². The van der Waals surface area contributed by atoms with Crippen LogP contribution in [0.25, 0.3) is 10.2 Å². The number of aryl methyl sites for hydroxylation is 1. The van der Waals surface area contributed by atoms with Gasteiger partial charge in [-0.05, 0) is 12.5 Å². The van der Waals surface area contributed by atoms with Crippen molar-refractivity contribution in [3.63, 3.8) is 0 Å². The molecule has 0 saturated heterocycles. The van der Waals surface area contributed by atoms with Crippen LogP contribution in [-0.2, 0) is 25.7 Å². The van der Waals surface area contributed by atoms with E-state index in [0.29, 0.717) is 31.4 Å². The van der Waals surface area contributed by atoms with Crippen LogP contribution in [0.3, 0.4) is 0 Å². The van der Waals surface area contributed by atoms with E-state index < -0.39 is 12.0 Å². The zero-order chi connectivity index (χ0) is 19.9. The number of fused-ring (bicyclic) bond motifs is 2. The fourth-order valence-corrected chi connectivity index (χ4v) is 4.14. The molecule has 4 heterocycles. The molecule has 3 aromatic heterocycles. The summed E-state index contributed by atoms with van der Waals surface area (Å²) in [6, 6.07) is 2.04. The molecule has 8 nitrogen and oxygen atoms in total. The highest BCUT2D eigenvalue weighted by molar-refractivity contribution is 7.18. The van der Waals surface area contributed by atoms with Gasteiger partial charge in [-0.25, -0.2) is 4.98 Å². The summed E-state index contributed by atoms with van der Waals surface area (Å²) in [4.78, 5) is 13.1. The Kier molecular flexibility index (Phi) is 4.83. The second-order valence-electron chi connectivity index (χ2n) is 6.38. The van der Waals surface area contributed by atoms with Crippen LogP contribution in [0.4, 0.5) is 24.9 Å². The molecule has 0 bridgehead atoms. The van der Waals surface area contributed by atoms with Crippen molar-refractivity contribution in [1.29, 1.82) is 0 Å². The Morgan fingerprint density at radius 1 is 1.25 bits per heavy atom. The highest BCUT2D eigenvalue weighted by Crippen LogP contribution is 2.35. The Labute approximate surface area is 162 Å². The molecular formula is C16H19F3N8S. The van der Waals surface area contributed by atoms with Crippen molar-refractivity contribution in [1.82, 2.24) is 24.7 Å². The lowest BCUT2D eigenvalue weighted by atomic mass is 10.2. The molecule has 1 aliphatic rings. The first-order chi connectivity index (χ1) is 13.4. The Hall–Kier alpha value is -2.47. The molecule has 3 aromatic rings. The fraction of sp³-hybridized carbons (Fsp3) is 0.500. The minimum atomic E-state index is -4.52. The van der Waals surface area contributed by atoms with Crippen LogP contribution in [0.1, 0.15) is 23.4 Å². The number of halogens is 3. The lowest BCUT2D eigenvalue weighted by Gasteiger charge is -2.29. The molecular weight excluding hydrogens is 393 g/mol. The van der Waals surface area contributed by atoms with Gasteiger partial charge in [-0.2, -0.15) is 18.2 Å². The number of hydrogen-bond acceptors (Lipinski definition) is 8. The van der Waals surface area contributed by atoms with Gasteiger partial charge in [0.2, 0.25) is 11.8 Å². The van der Waals surface area contributed by atoms with Crippen LogP contribution in [-0.4, -0.2) is 44.4 Å². The maximum absolute atomic E-state index is 13.1. The van der Waals surface area contributed by atoms with Gasteiger partial charge in [0.05, 0.1) is 11.9 Å². The molecule has 0 aliphatic carbocycles. The molecule has 0 atom stereocenters. The molecule has 1 aliphatic heterocycles. The maximum Gasteiger partial charge on any atom is 0.451 e. The summed E-state index contributed by atoms with van der Waals surface area (Å²) in [6.45, 7) is 3.73. The van der Waals surface area contributed by atoms with E-state index in [0.717, 1.165) is 21.2 Å². The number of hydrogen-bond donors (Lipinski definition) is 2. The third-order valence-electron chi connectivity index (χ3n) is 4.51. The lowest BCUT2D eigenvalue weighted by molar-refractivity contribution is -0.147. The molecule has 3 N–H and O–H groups in total. The first-order valence-electron chi connectivity index (χ1n) is 8.89. The minimum Gasteiger partial charge on any atom is -0.353 e. The molecule has 4 rings (SSSR count). The van der Waals surface area contributed by atoms with E-state index >= 15 is 0 Å². The standard InChI is InChI=1S/C16H19F3N8S/c1-2-9-7-10-12(22-15(21-4-3-20)23-13(10)28-9)26-5-6-27-11(8-26)24-25-14(27)16(17,18)19/h7H,2-6,8,20H2,1H3,(H,21,22,23). The zero-order valence-corrected chi connectivity index (χ0v) is 15.9. The van der Waals surface area contributed by atoms with Gasteiger partial charge in [0.25, 0.3) is 0 Å². The Morgan fingerprint density at radius 2 is 2.07 bits per heavy atom. The van der Waals surface area contributed by atoms with E-state index in [-0.39, 0.29) is 18.9 Å². The first-order valence-corrected chi connectivity index (χ1v) is 9.71. The van der Waals surface area contributed by atoms with E-state index in [4.69, 9.17) is 5.73 Å². The molecule has 0 spiro atoms. The number of aromatic nitrogens is 5. The summed E-state index contributed by atoms with van der Waals surface area (Å²) in [7, 11) is 0. The Morgan fingerprint density at radius 3 is 2.79 bits per heavy atom. The Balaban J connectivity index is 1.72. The van der Waals surface area contributed by atoms with Crippen LogP contribution in [0.15, 0.2) is 6.07 Å². The van der Waals surface area contributed by atoms with Crippen molar-refractivity contribution < 1.29 is 13.2 Å². The third-order valence-corrected chi connectivity index (χ3v) is 5.68. The van der Waals surface area contributed by atoms with Gasteiger partial charge in [-0.15, -0.1) is 21.5 Å². The summed E-state index contributed by atoms with van der Waals surface area (Å²) in [5.41, 5.74) is 5.55. The van der Waals surface area contributed by atoms with E-state index in [9.17, 15) is 13.2 Å². The zero-order valence-electron chi connectivity index (χ0n) is 15.1. The molecule has 0 aromatic carbocycles. The number of anilines is 2. The van der Waals surface area contributed by atoms with Gasteiger partial charge in [0.1, 0.15) is 10.6 Å². The van der Waals surface area contributed by atoms with E-state index in [1.807, 2.05) is 11.0 Å². The van der Waals surface area contributed by atoms with E-state index in [1.54, 1.807) is 11.3 Å². The van der Waals surface area contributed by atoms with Gasteiger partial charge in [-0.1, -0.05) is 6.92 Å². The smallest absolute Gasteiger partial charge is 0.353 e. The number of alkyl halides is 3. The molecule has 0 unspecified atom stereocenters. The third kappa shape index (κ3) is 3.37. The van der Waals surface area contributed by atoms with E-state index in [1.165, 1.54) is 4.88 Å². The van der Waals surface area contributed by atoms with Crippen LogP contribution in [0.5, 0.6) is 0 Å². The predicted molar refractivity (Wildman–Crippen MR) is 100 cm³/mol. The summed E-state index contributed by atoms with van der Waals surface area (Å²) in [5, 5.41) is 11.1. The number of thiophene rings is 1. The number of nitrogens with one attached hydrogen (secondary N) is 1. The van der Waals surface area contributed by atoms with Crippen LogP contribution in [0.2, 0.25) is 0 Å². The molecule has 0 radical (unpaired) electrons. The van der Waals surface area contributed by atoms with Crippen LogP contribution >= 0.6 is 11.3 Å². The van der Waals surface area contributed by atoms with Crippen molar-refractivity contribution in [2.24, 2.45) is 5.73 Å². The lowest BCUT2D eigenvalue weighted by Crippen LogP contribution is -2.36.